The summed E-state index contributed by atoms with van der Waals surface area (Å²) in [5, 5.41) is 8.46. The van der Waals surface area contributed by atoms with E-state index in [4.69, 9.17) is 5.73 Å². The first-order valence-electron chi connectivity index (χ1n) is 10.6. The van der Waals surface area contributed by atoms with Gasteiger partial charge in [0.1, 0.15) is 6.04 Å². The maximum absolute atomic E-state index is 12.3. The zero-order valence-corrected chi connectivity index (χ0v) is 18.2. The monoisotopic (exact) mass is 402 g/mol. The minimum absolute atomic E-state index is 0.0599. The summed E-state index contributed by atoms with van der Waals surface area (Å²) in [6.45, 7) is 10.9. The second-order valence-corrected chi connectivity index (χ2v) is 7.76. The number of amides is 2. The molecule has 1 rings (SSSR count). The van der Waals surface area contributed by atoms with Gasteiger partial charge in [-0.25, -0.2) is 0 Å². The summed E-state index contributed by atoms with van der Waals surface area (Å²) in [6.07, 6.45) is 4.76. The van der Waals surface area contributed by atoms with Gasteiger partial charge >= 0.3 is 0 Å². The molecular formula is C23H38N4O2. The van der Waals surface area contributed by atoms with Gasteiger partial charge in [-0.3, -0.25) is 9.59 Å². The maximum atomic E-state index is 12.3. The fourth-order valence-corrected chi connectivity index (χ4v) is 2.91. The van der Waals surface area contributed by atoms with Gasteiger partial charge in [0.25, 0.3) is 0 Å². The highest BCUT2D eigenvalue weighted by Gasteiger charge is 2.18. The standard InChI is InChI=1S/C23H38N4O2/c1-5-18(4)26-16-22(28)27-21(15-24)23(29)25-14-8-11-19-9-6-7-10-20(19)13-12-17(2)3/h6-7,9-10,17,21,26H,4-5,8,11-16,24H2,1-3H3,(H,25,29)(H,27,28). The van der Waals surface area contributed by atoms with E-state index in [1.807, 2.05) is 6.92 Å². The van der Waals surface area contributed by atoms with Crippen LogP contribution in [-0.2, 0) is 22.4 Å². The molecule has 2 amide bonds. The lowest BCUT2D eigenvalue weighted by molar-refractivity contribution is -0.128. The SMILES string of the molecule is C=C(CC)NCC(=O)NC(CN)C(=O)NCCCc1ccccc1CCC(C)C. The molecule has 6 nitrogen and oxygen atoms in total. The molecule has 0 saturated heterocycles. The lowest BCUT2D eigenvalue weighted by Crippen LogP contribution is -2.52. The van der Waals surface area contributed by atoms with E-state index < -0.39 is 6.04 Å². The number of rotatable bonds is 14. The van der Waals surface area contributed by atoms with Crippen molar-refractivity contribution in [3.63, 3.8) is 0 Å². The zero-order chi connectivity index (χ0) is 21.6. The number of carbonyl (C=O) groups excluding carboxylic acids is 2. The number of nitrogens with one attached hydrogen (secondary N) is 3. The van der Waals surface area contributed by atoms with Crippen LogP contribution in [0.1, 0.15) is 51.2 Å². The van der Waals surface area contributed by atoms with Crippen molar-refractivity contribution in [2.45, 2.75) is 58.9 Å². The maximum Gasteiger partial charge on any atom is 0.243 e. The Morgan fingerprint density at radius 2 is 1.76 bits per heavy atom. The number of hydrogen-bond acceptors (Lipinski definition) is 4. The second kappa shape index (κ2) is 13.8. The Balaban J connectivity index is 2.40. The van der Waals surface area contributed by atoms with E-state index in [9.17, 15) is 9.59 Å². The summed E-state index contributed by atoms with van der Waals surface area (Å²) in [7, 11) is 0. The summed E-state index contributed by atoms with van der Waals surface area (Å²) < 4.78 is 0. The molecule has 0 aromatic heterocycles. The van der Waals surface area contributed by atoms with Gasteiger partial charge in [-0.2, -0.15) is 0 Å². The molecule has 29 heavy (non-hydrogen) atoms. The Morgan fingerprint density at radius 1 is 1.10 bits per heavy atom. The first kappa shape index (κ1) is 24.7. The van der Waals surface area contributed by atoms with E-state index in [1.165, 1.54) is 17.5 Å². The van der Waals surface area contributed by atoms with Crippen LogP contribution < -0.4 is 21.7 Å². The van der Waals surface area contributed by atoms with Crippen LogP contribution in [0.5, 0.6) is 0 Å². The van der Waals surface area contributed by atoms with Crippen LogP contribution in [-0.4, -0.2) is 37.5 Å². The van der Waals surface area contributed by atoms with E-state index in [2.05, 4.69) is 60.6 Å². The van der Waals surface area contributed by atoms with Gasteiger partial charge in [-0.1, -0.05) is 51.6 Å². The van der Waals surface area contributed by atoms with E-state index in [-0.39, 0.29) is 24.9 Å². The Labute approximate surface area is 175 Å². The van der Waals surface area contributed by atoms with Gasteiger partial charge in [0.2, 0.25) is 11.8 Å². The predicted molar refractivity (Wildman–Crippen MR) is 119 cm³/mol. The summed E-state index contributed by atoms with van der Waals surface area (Å²) in [6, 6.07) is 7.78. The molecule has 1 aromatic rings. The van der Waals surface area contributed by atoms with Gasteiger partial charge in [0.05, 0.1) is 6.54 Å². The van der Waals surface area contributed by atoms with Gasteiger partial charge in [0, 0.05) is 18.8 Å². The molecule has 0 fully saturated rings. The lowest BCUT2D eigenvalue weighted by atomic mass is 9.96. The smallest absolute Gasteiger partial charge is 0.243 e. The van der Waals surface area contributed by atoms with E-state index in [1.54, 1.807) is 0 Å². The molecule has 5 N–H and O–H groups in total. The molecule has 0 radical (unpaired) electrons. The molecule has 0 heterocycles. The summed E-state index contributed by atoms with van der Waals surface area (Å²) in [5.41, 5.74) is 9.17. The molecule has 0 bridgehead atoms. The van der Waals surface area contributed by atoms with E-state index in [0.717, 1.165) is 31.4 Å². The summed E-state index contributed by atoms with van der Waals surface area (Å²) in [4.78, 5) is 24.3. The van der Waals surface area contributed by atoms with Gasteiger partial charge < -0.3 is 21.7 Å². The molecule has 1 atom stereocenters. The molecular weight excluding hydrogens is 364 g/mol. The number of hydrogen-bond donors (Lipinski definition) is 4. The van der Waals surface area contributed by atoms with Crippen molar-refractivity contribution in [2.75, 3.05) is 19.6 Å². The van der Waals surface area contributed by atoms with Crippen LogP contribution >= 0.6 is 0 Å². The fraction of sp³-hybridized carbons (Fsp3) is 0.565. The first-order valence-corrected chi connectivity index (χ1v) is 10.6. The molecule has 0 aliphatic heterocycles. The van der Waals surface area contributed by atoms with Crippen molar-refractivity contribution in [1.29, 1.82) is 0 Å². The van der Waals surface area contributed by atoms with Crippen molar-refractivity contribution in [2.24, 2.45) is 11.7 Å². The van der Waals surface area contributed by atoms with Crippen molar-refractivity contribution in [3.05, 3.63) is 47.7 Å². The van der Waals surface area contributed by atoms with Crippen LogP contribution in [0.3, 0.4) is 0 Å². The molecule has 1 aromatic carbocycles. The van der Waals surface area contributed by atoms with Crippen LogP contribution in [0, 0.1) is 5.92 Å². The zero-order valence-electron chi connectivity index (χ0n) is 18.2. The highest BCUT2D eigenvalue weighted by molar-refractivity contribution is 5.88. The van der Waals surface area contributed by atoms with Crippen molar-refractivity contribution in [3.8, 4) is 0 Å². The highest BCUT2D eigenvalue weighted by Crippen LogP contribution is 2.15. The van der Waals surface area contributed by atoms with Crippen molar-refractivity contribution in [1.82, 2.24) is 16.0 Å². The van der Waals surface area contributed by atoms with Crippen LogP contribution in [0.25, 0.3) is 0 Å². The molecule has 0 aliphatic rings. The lowest BCUT2D eigenvalue weighted by Gasteiger charge is -2.17. The number of carbonyl (C=O) groups is 2. The highest BCUT2D eigenvalue weighted by atomic mass is 16.2. The average Bonchev–Trinajstić information content (AvgIpc) is 2.72. The number of aryl methyl sites for hydroxylation is 2. The quantitative estimate of drug-likeness (QED) is 0.359. The van der Waals surface area contributed by atoms with Crippen molar-refractivity contribution >= 4 is 11.8 Å². The second-order valence-electron chi connectivity index (χ2n) is 7.76. The fourth-order valence-electron chi connectivity index (χ4n) is 2.91. The summed E-state index contributed by atoms with van der Waals surface area (Å²) in [5.74, 6) is 0.161. The molecule has 0 spiro atoms. The Bertz CT molecular complexity index is 658. The van der Waals surface area contributed by atoms with Crippen LogP contribution in [0.15, 0.2) is 36.5 Å². The molecule has 0 saturated carbocycles. The topological polar surface area (TPSA) is 96.2 Å². The van der Waals surface area contributed by atoms with Gasteiger partial charge in [-0.05, 0) is 49.1 Å². The van der Waals surface area contributed by atoms with Crippen LogP contribution in [0.4, 0.5) is 0 Å². The van der Waals surface area contributed by atoms with Crippen molar-refractivity contribution < 1.29 is 9.59 Å². The van der Waals surface area contributed by atoms with Gasteiger partial charge in [-0.15, -0.1) is 0 Å². The van der Waals surface area contributed by atoms with Crippen LogP contribution in [0.2, 0.25) is 0 Å². The third kappa shape index (κ3) is 10.1. The Morgan fingerprint density at radius 3 is 2.34 bits per heavy atom. The normalized spacial score (nSPS) is 11.8. The number of nitrogens with two attached hydrogens (primary N) is 1. The number of allylic oxidation sites excluding steroid dienone is 1. The Hall–Kier alpha value is -2.34. The Kier molecular flexibility index (Phi) is 11.7. The minimum Gasteiger partial charge on any atom is -0.380 e. The molecule has 6 heteroatoms. The predicted octanol–water partition coefficient (Wildman–Crippen LogP) is 2.28. The van der Waals surface area contributed by atoms with E-state index >= 15 is 0 Å². The van der Waals surface area contributed by atoms with E-state index in [0.29, 0.717) is 12.5 Å². The average molecular weight is 403 g/mol. The minimum atomic E-state index is -0.725. The largest absolute Gasteiger partial charge is 0.380 e. The number of benzene rings is 1. The third-order valence-corrected chi connectivity index (χ3v) is 4.84. The van der Waals surface area contributed by atoms with Gasteiger partial charge in [0.15, 0.2) is 0 Å². The molecule has 162 valence electrons. The molecule has 0 aliphatic carbocycles. The molecule has 1 unspecified atom stereocenters. The summed E-state index contributed by atoms with van der Waals surface area (Å²) >= 11 is 0. The third-order valence-electron chi connectivity index (χ3n) is 4.84. The first-order chi connectivity index (χ1) is 13.9.